The Balaban J connectivity index is 1.65. The van der Waals surface area contributed by atoms with Crippen LogP contribution in [0.15, 0.2) is 36.9 Å². The molecule has 1 N–H and O–H groups in total. The van der Waals surface area contributed by atoms with Crippen molar-refractivity contribution in [3.63, 3.8) is 0 Å². The van der Waals surface area contributed by atoms with E-state index < -0.39 is 0 Å². The van der Waals surface area contributed by atoms with Crippen molar-refractivity contribution in [3.8, 4) is 0 Å². The number of benzene rings is 1. The second-order valence-electron chi connectivity index (χ2n) is 5.86. The molecule has 1 aliphatic rings. The summed E-state index contributed by atoms with van der Waals surface area (Å²) in [5.41, 5.74) is 2.79. The predicted molar refractivity (Wildman–Crippen MR) is 79.8 cm³/mol. The Hall–Kier alpha value is -2.17. The average molecular weight is 284 g/mol. The fourth-order valence-electron chi connectivity index (χ4n) is 2.80. The molecule has 1 atom stereocenters. The summed E-state index contributed by atoms with van der Waals surface area (Å²) in [4.78, 5) is 16.1. The van der Waals surface area contributed by atoms with Crippen LogP contribution in [0.1, 0.15) is 36.9 Å². The summed E-state index contributed by atoms with van der Waals surface area (Å²) in [6, 6.07) is 8.10. The van der Waals surface area contributed by atoms with E-state index in [1.807, 2.05) is 6.92 Å². The minimum absolute atomic E-state index is 0.0136. The number of hydrogen-bond acceptors (Lipinski definition) is 3. The van der Waals surface area contributed by atoms with Crippen LogP contribution < -0.4 is 5.32 Å². The molecule has 0 bridgehead atoms. The van der Waals surface area contributed by atoms with E-state index in [0.29, 0.717) is 6.54 Å². The maximum absolute atomic E-state index is 12.2. The number of carbonyl (C=O) groups is 1. The van der Waals surface area contributed by atoms with Crippen molar-refractivity contribution in [1.29, 1.82) is 0 Å². The summed E-state index contributed by atoms with van der Waals surface area (Å²) >= 11 is 0. The lowest BCUT2D eigenvalue weighted by atomic mass is 9.92. The molecule has 0 spiro atoms. The molecule has 1 amide bonds. The van der Waals surface area contributed by atoms with Gasteiger partial charge in [-0.05, 0) is 37.8 Å². The first-order valence-corrected chi connectivity index (χ1v) is 7.30. The Morgan fingerprint density at radius 1 is 1.43 bits per heavy atom. The highest BCUT2D eigenvalue weighted by molar-refractivity contribution is 5.79. The monoisotopic (exact) mass is 284 g/mol. The van der Waals surface area contributed by atoms with Gasteiger partial charge in [-0.25, -0.2) is 9.67 Å². The topological polar surface area (TPSA) is 59.8 Å². The molecule has 21 heavy (non-hydrogen) atoms. The summed E-state index contributed by atoms with van der Waals surface area (Å²) in [5, 5.41) is 7.09. The van der Waals surface area contributed by atoms with E-state index in [2.05, 4.69) is 46.6 Å². The third kappa shape index (κ3) is 2.68. The molecular weight excluding hydrogens is 264 g/mol. The molecule has 1 fully saturated rings. The average Bonchev–Trinajstić information content (AvgIpc) is 3.08. The first kappa shape index (κ1) is 13.8. The van der Waals surface area contributed by atoms with Crippen LogP contribution in [0.3, 0.4) is 0 Å². The maximum atomic E-state index is 12.2. The number of nitrogens with zero attached hydrogens (tertiary/aromatic N) is 3. The highest BCUT2D eigenvalue weighted by Crippen LogP contribution is 2.48. The van der Waals surface area contributed by atoms with Gasteiger partial charge in [-0.1, -0.05) is 24.3 Å². The largest absolute Gasteiger partial charge is 0.353 e. The third-order valence-corrected chi connectivity index (χ3v) is 4.38. The number of rotatable bonds is 5. The number of hydrogen-bond donors (Lipinski definition) is 1. The first-order valence-electron chi connectivity index (χ1n) is 7.30. The molecule has 5 nitrogen and oxygen atoms in total. The molecule has 110 valence electrons. The van der Waals surface area contributed by atoms with E-state index in [0.717, 1.165) is 12.8 Å². The van der Waals surface area contributed by atoms with Gasteiger partial charge in [0.25, 0.3) is 0 Å². The normalized spacial score (nSPS) is 17.2. The van der Waals surface area contributed by atoms with Gasteiger partial charge in [-0.3, -0.25) is 4.79 Å². The number of aryl methyl sites for hydroxylation is 1. The molecule has 0 aliphatic heterocycles. The quantitative estimate of drug-likeness (QED) is 0.913. The van der Waals surface area contributed by atoms with Crippen LogP contribution in [-0.2, 0) is 10.2 Å². The van der Waals surface area contributed by atoms with Crippen molar-refractivity contribution in [2.75, 3.05) is 6.54 Å². The zero-order chi connectivity index (χ0) is 14.9. The SMILES string of the molecule is Cc1ccccc1C1(CNC(=O)C(C)n2cncn2)CC1. The standard InChI is InChI=1S/C16H20N4O/c1-12-5-3-4-6-14(12)16(7-8-16)9-18-15(21)13(2)20-11-17-10-19-20/h3-6,10-11,13H,7-9H2,1-2H3,(H,18,21). The fourth-order valence-corrected chi connectivity index (χ4v) is 2.80. The zero-order valence-electron chi connectivity index (χ0n) is 12.4. The highest BCUT2D eigenvalue weighted by atomic mass is 16.2. The Labute approximate surface area is 124 Å². The lowest BCUT2D eigenvalue weighted by molar-refractivity contribution is -0.124. The van der Waals surface area contributed by atoms with Crippen LogP contribution in [0, 0.1) is 6.92 Å². The van der Waals surface area contributed by atoms with Gasteiger partial charge in [0.1, 0.15) is 18.7 Å². The lowest BCUT2D eigenvalue weighted by Crippen LogP contribution is -2.37. The predicted octanol–water partition coefficient (Wildman–Crippen LogP) is 2.00. The van der Waals surface area contributed by atoms with Crippen molar-refractivity contribution < 1.29 is 4.79 Å². The third-order valence-electron chi connectivity index (χ3n) is 4.38. The summed E-state index contributed by atoms with van der Waals surface area (Å²) in [6.07, 6.45) is 5.28. The molecule has 0 saturated heterocycles. The lowest BCUT2D eigenvalue weighted by Gasteiger charge is -2.20. The van der Waals surface area contributed by atoms with Gasteiger partial charge in [0, 0.05) is 12.0 Å². The van der Waals surface area contributed by atoms with E-state index in [9.17, 15) is 4.79 Å². The van der Waals surface area contributed by atoms with Crippen LogP contribution in [0.2, 0.25) is 0 Å². The summed E-state index contributed by atoms with van der Waals surface area (Å²) in [6.45, 7) is 4.66. The molecule has 2 aromatic rings. The van der Waals surface area contributed by atoms with Crippen LogP contribution in [0.5, 0.6) is 0 Å². The smallest absolute Gasteiger partial charge is 0.244 e. The van der Waals surface area contributed by atoms with Gasteiger partial charge >= 0.3 is 0 Å². The molecule has 5 heteroatoms. The zero-order valence-corrected chi connectivity index (χ0v) is 12.4. The van der Waals surface area contributed by atoms with Gasteiger partial charge in [-0.15, -0.1) is 0 Å². The minimum Gasteiger partial charge on any atom is -0.353 e. The first-order chi connectivity index (χ1) is 10.1. The van der Waals surface area contributed by atoms with Crippen molar-refractivity contribution >= 4 is 5.91 Å². The van der Waals surface area contributed by atoms with Crippen LogP contribution in [0.25, 0.3) is 0 Å². The van der Waals surface area contributed by atoms with Crippen LogP contribution >= 0.6 is 0 Å². The number of amides is 1. The van der Waals surface area contributed by atoms with Gasteiger partial charge in [0.05, 0.1) is 0 Å². The molecule has 3 rings (SSSR count). The van der Waals surface area contributed by atoms with E-state index in [1.165, 1.54) is 17.5 Å². The van der Waals surface area contributed by atoms with Crippen molar-refractivity contribution in [1.82, 2.24) is 20.1 Å². The number of carbonyl (C=O) groups excluding carboxylic acids is 1. The molecule has 1 heterocycles. The molecule has 1 aliphatic carbocycles. The molecule has 1 unspecified atom stereocenters. The van der Waals surface area contributed by atoms with Gasteiger partial charge in [0.15, 0.2) is 0 Å². The molecular formula is C16H20N4O. The fraction of sp³-hybridized carbons (Fsp3) is 0.438. The molecule has 1 aromatic heterocycles. The van der Waals surface area contributed by atoms with Crippen molar-refractivity contribution in [2.45, 2.75) is 38.1 Å². The highest BCUT2D eigenvalue weighted by Gasteiger charge is 2.45. The van der Waals surface area contributed by atoms with E-state index in [4.69, 9.17) is 0 Å². The van der Waals surface area contributed by atoms with Gasteiger partial charge < -0.3 is 5.32 Å². The minimum atomic E-state index is -0.333. The van der Waals surface area contributed by atoms with Crippen LogP contribution in [-0.4, -0.2) is 27.2 Å². The Bertz CT molecular complexity index is 631. The second-order valence-corrected chi connectivity index (χ2v) is 5.86. The van der Waals surface area contributed by atoms with Crippen molar-refractivity contribution in [3.05, 3.63) is 48.0 Å². The molecule has 0 radical (unpaired) electrons. The van der Waals surface area contributed by atoms with E-state index in [1.54, 1.807) is 11.0 Å². The maximum Gasteiger partial charge on any atom is 0.244 e. The van der Waals surface area contributed by atoms with Crippen molar-refractivity contribution in [2.24, 2.45) is 0 Å². The summed E-state index contributed by atoms with van der Waals surface area (Å²) < 4.78 is 1.57. The van der Waals surface area contributed by atoms with Gasteiger partial charge in [0.2, 0.25) is 5.91 Å². The Morgan fingerprint density at radius 3 is 2.81 bits per heavy atom. The number of aromatic nitrogens is 3. The summed E-state index contributed by atoms with van der Waals surface area (Å²) in [7, 11) is 0. The second kappa shape index (κ2) is 5.31. The number of nitrogens with one attached hydrogen (secondary N) is 1. The molecule has 1 saturated carbocycles. The van der Waals surface area contributed by atoms with E-state index in [-0.39, 0.29) is 17.4 Å². The van der Waals surface area contributed by atoms with Crippen LogP contribution in [0.4, 0.5) is 0 Å². The van der Waals surface area contributed by atoms with E-state index >= 15 is 0 Å². The summed E-state index contributed by atoms with van der Waals surface area (Å²) in [5.74, 6) is -0.0136. The Morgan fingerprint density at radius 2 is 2.19 bits per heavy atom. The van der Waals surface area contributed by atoms with Gasteiger partial charge in [-0.2, -0.15) is 5.10 Å². The Kier molecular flexibility index (Phi) is 3.49. The molecule has 1 aromatic carbocycles.